The minimum absolute atomic E-state index is 0.167. The summed E-state index contributed by atoms with van der Waals surface area (Å²) >= 11 is 0. The second kappa shape index (κ2) is 7.93. The van der Waals surface area contributed by atoms with E-state index >= 15 is 0 Å². The molecule has 4 nitrogen and oxygen atoms in total. The lowest BCUT2D eigenvalue weighted by molar-refractivity contribution is 0.242. The highest BCUT2D eigenvalue weighted by Crippen LogP contribution is 2.25. The fourth-order valence-electron chi connectivity index (χ4n) is 1.77. The number of hydrogen-bond acceptors (Lipinski definition) is 4. The van der Waals surface area contributed by atoms with Gasteiger partial charge in [0, 0.05) is 25.8 Å². The Kier molecular flexibility index (Phi) is 6.50. The molecule has 1 rings (SSSR count). The molecule has 1 aromatic rings. The first-order valence-electron chi connectivity index (χ1n) is 6.76. The molecule has 0 saturated heterocycles. The Morgan fingerprint density at radius 3 is 2.78 bits per heavy atom. The summed E-state index contributed by atoms with van der Waals surface area (Å²) in [6.07, 6.45) is 1.98. The van der Waals surface area contributed by atoms with Crippen LogP contribution in [-0.4, -0.2) is 37.3 Å². The second-order valence-electron chi connectivity index (χ2n) is 4.42. The zero-order chi connectivity index (χ0) is 13.4. The number of nitrogens with one attached hydrogen (secondary N) is 1. The molecule has 4 heteroatoms. The maximum atomic E-state index is 5.81. The summed E-state index contributed by atoms with van der Waals surface area (Å²) in [7, 11) is 0. The number of ether oxygens (including phenoxy) is 1. The Labute approximate surface area is 110 Å². The standard InChI is InChI=1S/C14H25N3O/c1-5-15-10-11-17(6-2)14-13(18-12(3)4)8-7-9-16-14/h7-9,12,15H,5-6,10-11H2,1-4H3. The number of hydrogen-bond donors (Lipinski definition) is 1. The van der Waals surface area contributed by atoms with Crippen molar-refractivity contribution in [2.24, 2.45) is 0 Å². The van der Waals surface area contributed by atoms with E-state index in [0.717, 1.165) is 37.7 Å². The molecule has 1 N–H and O–H groups in total. The molecule has 0 unspecified atom stereocenters. The van der Waals surface area contributed by atoms with Crippen LogP contribution >= 0.6 is 0 Å². The largest absolute Gasteiger partial charge is 0.487 e. The van der Waals surface area contributed by atoms with Gasteiger partial charge in [0.1, 0.15) is 0 Å². The van der Waals surface area contributed by atoms with Crippen molar-refractivity contribution < 1.29 is 4.74 Å². The summed E-state index contributed by atoms with van der Waals surface area (Å²) in [5.74, 6) is 1.80. The van der Waals surface area contributed by atoms with Crippen molar-refractivity contribution in [3.8, 4) is 5.75 Å². The average molecular weight is 251 g/mol. The number of pyridine rings is 1. The molecule has 0 spiro atoms. The molecule has 0 atom stereocenters. The van der Waals surface area contributed by atoms with Crippen LogP contribution in [0.15, 0.2) is 18.3 Å². The molecule has 0 aliphatic heterocycles. The van der Waals surface area contributed by atoms with Gasteiger partial charge in [0.05, 0.1) is 6.10 Å². The second-order valence-corrected chi connectivity index (χ2v) is 4.42. The van der Waals surface area contributed by atoms with E-state index in [4.69, 9.17) is 4.74 Å². The maximum absolute atomic E-state index is 5.81. The topological polar surface area (TPSA) is 37.4 Å². The normalized spacial score (nSPS) is 10.7. The van der Waals surface area contributed by atoms with Crippen molar-refractivity contribution in [3.05, 3.63) is 18.3 Å². The van der Waals surface area contributed by atoms with Gasteiger partial charge < -0.3 is 15.0 Å². The highest BCUT2D eigenvalue weighted by atomic mass is 16.5. The molecule has 0 saturated carbocycles. The molecular formula is C14H25N3O. The van der Waals surface area contributed by atoms with Crippen LogP contribution in [-0.2, 0) is 0 Å². The third-order valence-electron chi connectivity index (χ3n) is 2.60. The number of nitrogens with zero attached hydrogens (tertiary/aromatic N) is 2. The average Bonchev–Trinajstić information content (AvgIpc) is 2.35. The van der Waals surface area contributed by atoms with Crippen LogP contribution in [0, 0.1) is 0 Å². The molecule has 1 heterocycles. The van der Waals surface area contributed by atoms with Gasteiger partial charge in [0.15, 0.2) is 11.6 Å². The van der Waals surface area contributed by atoms with E-state index in [0.29, 0.717) is 0 Å². The predicted octanol–water partition coefficient (Wildman–Crippen LogP) is 2.30. The Hall–Kier alpha value is -1.29. The Balaban J connectivity index is 2.77. The summed E-state index contributed by atoms with van der Waals surface area (Å²) in [6.45, 7) is 12.1. The van der Waals surface area contributed by atoms with Gasteiger partial charge >= 0.3 is 0 Å². The van der Waals surface area contributed by atoms with Crippen LogP contribution in [0.1, 0.15) is 27.7 Å². The van der Waals surface area contributed by atoms with E-state index in [1.165, 1.54) is 0 Å². The third-order valence-corrected chi connectivity index (χ3v) is 2.60. The van der Waals surface area contributed by atoms with Crippen LogP contribution in [0.25, 0.3) is 0 Å². The SMILES string of the molecule is CCNCCN(CC)c1ncccc1OC(C)C. The zero-order valence-electron chi connectivity index (χ0n) is 11.9. The minimum atomic E-state index is 0.167. The fraction of sp³-hybridized carbons (Fsp3) is 0.643. The fourth-order valence-corrected chi connectivity index (χ4v) is 1.77. The van der Waals surface area contributed by atoms with E-state index in [1.807, 2.05) is 32.2 Å². The Morgan fingerprint density at radius 2 is 2.17 bits per heavy atom. The molecule has 0 amide bonds. The van der Waals surface area contributed by atoms with E-state index in [-0.39, 0.29) is 6.10 Å². The van der Waals surface area contributed by atoms with Gasteiger partial charge in [-0.2, -0.15) is 0 Å². The van der Waals surface area contributed by atoms with Crippen molar-refractivity contribution >= 4 is 5.82 Å². The molecule has 0 bridgehead atoms. The lowest BCUT2D eigenvalue weighted by Gasteiger charge is -2.25. The molecule has 0 aliphatic rings. The molecular weight excluding hydrogens is 226 g/mol. The molecule has 102 valence electrons. The first-order chi connectivity index (χ1) is 8.69. The summed E-state index contributed by atoms with van der Waals surface area (Å²) in [5.41, 5.74) is 0. The highest BCUT2D eigenvalue weighted by molar-refractivity contribution is 5.52. The zero-order valence-corrected chi connectivity index (χ0v) is 11.9. The third kappa shape index (κ3) is 4.53. The van der Waals surface area contributed by atoms with Gasteiger partial charge in [-0.15, -0.1) is 0 Å². The van der Waals surface area contributed by atoms with E-state index in [1.54, 1.807) is 0 Å². The van der Waals surface area contributed by atoms with Crippen LogP contribution in [0.3, 0.4) is 0 Å². The van der Waals surface area contributed by atoms with Crippen molar-refractivity contribution in [1.82, 2.24) is 10.3 Å². The predicted molar refractivity (Wildman–Crippen MR) is 76.4 cm³/mol. The van der Waals surface area contributed by atoms with Crippen molar-refractivity contribution in [2.45, 2.75) is 33.8 Å². The first kappa shape index (κ1) is 14.8. The summed E-state index contributed by atoms with van der Waals surface area (Å²) in [5, 5.41) is 3.33. The molecule has 18 heavy (non-hydrogen) atoms. The summed E-state index contributed by atoms with van der Waals surface area (Å²) in [4.78, 5) is 6.69. The number of anilines is 1. The Morgan fingerprint density at radius 1 is 1.39 bits per heavy atom. The van der Waals surface area contributed by atoms with Gasteiger partial charge in [0.2, 0.25) is 0 Å². The molecule has 0 radical (unpaired) electrons. The van der Waals surface area contributed by atoms with Gasteiger partial charge in [-0.05, 0) is 39.4 Å². The monoisotopic (exact) mass is 251 g/mol. The van der Waals surface area contributed by atoms with Gasteiger partial charge in [0.25, 0.3) is 0 Å². The number of aromatic nitrogens is 1. The van der Waals surface area contributed by atoms with Gasteiger partial charge in [-0.3, -0.25) is 0 Å². The summed E-state index contributed by atoms with van der Waals surface area (Å²) < 4.78 is 5.81. The van der Waals surface area contributed by atoms with E-state index < -0.39 is 0 Å². The van der Waals surface area contributed by atoms with E-state index in [2.05, 4.69) is 29.0 Å². The first-order valence-corrected chi connectivity index (χ1v) is 6.76. The smallest absolute Gasteiger partial charge is 0.171 e. The van der Waals surface area contributed by atoms with Gasteiger partial charge in [-0.25, -0.2) is 4.98 Å². The maximum Gasteiger partial charge on any atom is 0.171 e. The Bertz CT molecular complexity index is 342. The van der Waals surface area contributed by atoms with Crippen LogP contribution in [0.2, 0.25) is 0 Å². The van der Waals surface area contributed by atoms with Crippen molar-refractivity contribution in [2.75, 3.05) is 31.1 Å². The van der Waals surface area contributed by atoms with Crippen LogP contribution < -0.4 is 15.0 Å². The lowest BCUT2D eigenvalue weighted by atomic mass is 10.3. The number of likely N-dealkylation sites (N-methyl/N-ethyl adjacent to an activating group) is 2. The highest BCUT2D eigenvalue weighted by Gasteiger charge is 2.12. The van der Waals surface area contributed by atoms with Crippen LogP contribution in [0.4, 0.5) is 5.82 Å². The lowest BCUT2D eigenvalue weighted by Crippen LogP contribution is -2.33. The minimum Gasteiger partial charge on any atom is -0.487 e. The van der Waals surface area contributed by atoms with E-state index in [9.17, 15) is 0 Å². The summed E-state index contributed by atoms with van der Waals surface area (Å²) in [6, 6.07) is 3.90. The number of rotatable bonds is 8. The van der Waals surface area contributed by atoms with Crippen molar-refractivity contribution in [1.29, 1.82) is 0 Å². The quantitative estimate of drug-likeness (QED) is 0.719. The van der Waals surface area contributed by atoms with Crippen molar-refractivity contribution in [3.63, 3.8) is 0 Å². The van der Waals surface area contributed by atoms with Gasteiger partial charge in [-0.1, -0.05) is 6.92 Å². The molecule has 0 fully saturated rings. The molecule has 0 aliphatic carbocycles. The molecule has 1 aromatic heterocycles. The molecule has 0 aromatic carbocycles. The van der Waals surface area contributed by atoms with Crippen LogP contribution in [0.5, 0.6) is 5.75 Å².